The lowest BCUT2D eigenvalue weighted by atomic mass is 10.2. The van der Waals surface area contributed by atoms with E-state index in [2.05, 4.69) is 22.7 Å². The lowest BCUT2D eigenvalue weighted by Gasteiger charge is -2.11. The molecule has 5 heteroatoms. The van der Waals surface area contributed by atoms with Crippen molar-refractivity contribution in [3.8, 4) is 0 Å². The average molecular weight is 325 g/mol. The summed E-state index contributed by atoms with van der Waals surface area (Å²) in [4.78, 5) is 13.8. The molecule has 0 fully saturated rings. The van der Waals surface area contributed by atoms with Crippen molar-refractivity contribution in [1.82, 2.24) is 5.43 Å². The van der Waals surface area contributed by atoms with E-state index in [4.69, 9.17) is 0 Å². The molecule has 0 aliphatic rings. The second-order valence-electron chi connectivity index (χ2n) is 5.38. The van der Waals surface area contributed by atoms with E-state index in [1.807, 2.05) is 43.3 Å². The van der Waals surface area contributed by atoms with Crippen LogP contribution < -0.4 is 10.3 Å². The van der Waals surface area contributed by atoms with E-state index in [0.29, 0.717) is 12.0 Å². The number of hydrazone groups is 1. The summed E-state index contributed by atoms with van der Waals surface area (Å²) in [6.07, 6.45) is 6.15. The molecule has 0 saturated heterocycles. The Bertz CT molecular complexity index is 719. The number of nitrogens with zero attached hydrogens (tertiary/aromatic N) is 2. The van der Waals surface area contributed by atoms with Gasteiger partial charge >= 0.3 is 0 Å². The molecule has 1 amide bonds. The minimum Gasteiger partial charge on any atom is -0.378 e. The quantitative estimate of drug-likeness (QED) is 0.650. The fourth-order valence-corrected chi connectivity index (χ4v) is 1.97. The highest BCUT2D eigenvalue weighted by molar-refractivity contribution is 5.94. The number of halogens is 1. The van der Waals surface area contributed by atoms with Crippen molar-refractivity contribution in [2.75, 3.05) is 19.0 Å². The molecular weight excluding hydrogens is 305 g/mol. The number of hydrogen-bond donors (Lipinski definition) is 1. The van der Waals surface area contributed by atoms with Gasteiger partial charge in [-0.05, 0) is 42.0 Å². The fourth-order valence-electron chi connectivity index (χ4n) is 1.97. The van der Waals surface area contributed by atoms with Gasteiger partial charge in [0.15, 0.2) is 0 Å². The maximum absolute atomic E-state index is 12.8. The minimum atomic E-state index is -0.376. The van der Waals surface area contributed by atoms with Crippen molar-refractivity contribution in [1.29, 1.82) is 0 Å². The number of rotatable bonds is 6. The molecule has 0 aromatic heterocycles. The summed E-state index contributed by atoms with van der Waals surface area (Å²) in [5, 5.41) is 3.86. The molecule has 0 spiro atoms. The van der Waals surface area contributed by atoms with Crippen LogP contribution in [0.1, 0.15) is 22.3 Å². The van der Waals surface area contributed by atoms with E-state index in [0.717, 1.165) is 11.3 Å². The highest BCUT2D eigenvalue weighted by Crippen LogP contribution is 2.13. The highest BCUT2D eigenvalue weighted by atomic mass is 19.1. The van der Waals surface area contributed by atoms with Crippen LogP contribution in [0.15, 0.2) is 59.7 Å². The number of carbonyl (C=O) groups is 1. The first kappa shape index (κ1) is 17.4. The number of carbonyl (C=O) groups excluding carboxylic acids is 1. The number of nitrogens with one attached hydrogen (secondary N) is 1. The number of amides is 1. The van der Waals surface area contributed by atoms with Crippen molar-refractivity contribution < 1.29 is 9.18 Å². The molecule has 1 N–H and O–H groups in total. The third-order valence-electron chi connectivity index (χ3n) is 3.33. The number of benzene rings is 2. The Morgan fingerprint density at radius 3 is 2.42 bits per heavy atom. The summed E-state index contributed by atoms with van der Waals surface area (Å²) < 4.78 is 12.8. The zero-order valence-electron chi connectivity index (χ0n) is 13.7. The second-order valence-corrected chi connectivity index (χ2v) is 5.38. The van der Waals surface area contributed by atoms with Gasteiger partial charge in [0, 0.05) is 38.0 Å². The van der Waals surface area contributed by atoms with Gasteiger partial charge in [0.2, 0.25) is 0 Å². The Morgan fingerprint density at radius 2 is 1.79 bits per heavy atom. The summed E-state index contributed by atoms with van der Waals surface area (Å²) in [6.45, 7) is 0. The fraction of sp³-hybridized carbons (Fsp3) is 0.158. The number of hydrogen-bond acceptors (Lipinski definition) is 3. The average Bonchev–Trinajstić information content (AvgIpc) is 2.58. The van der Waals surface area contributed by atoms with Crippen LogP contribution in [0.3, 0.4) is 0 Å². The Balaban J connectivity index is 1.77. The van der Waals surface area contributed by atoms with Crippen LogP contribution in [-0.2, 0) is 0 Å². The summed E-state index contributed by atoms with van der Waals surface area (Å²) in [5.74, 6) is -0.742. The van der Waals surface area contributed by atoms with Crippen LogP contribution in [0.5, 0.6) is 0 Å². The molecule has 0 aliphatic carbocycles. The van der Waals surface area contributed by atoms with Crippen molar-refractivity contribution in [2.45, 2.75) is 6.42 Å². The second kappa shape index (κ2) is 8.62. The van der Waals surface area contributed by atoms with Crippen molar-refractivity contribution >= 4 is 23.9 Å². The monoisotopic (exact) mass is 325 g/mol. The van der Waals surface area contributed by atoms with Crippen LogP contribution in [0.2, 0.25) is 0 Å². The maximum Gasteiger partial charge on any atom is 0.271 e. The zero-order chi connectivity index (χ0) is 17.4. The molecule has 0 bridgehead atoms. The first-order valence-corrected chi connectivity index (χ1v) is 7.57. The van der Waals surface area contributed by atoms with Gasteiger partial charge in [0.25, 0.3) is 5.91 Å². The van der Waals surface area contributed by atoms with E-state index in [1.165, 1.54) is 24.3 Å². The van der Waals surface area contributed by atoms with Crippen LogP contribution >= 0.6 is 0 Å². The molecular formula is C19H20FN3O. The van der Waals surface area contributed by atoms with Gasteiger partial charge in [0.05, 0.1) is 0 Å². The lowest BCUT2D eigenvalue weighted by molar-refractivity contribution is 0.0955. The molecule has 124 valence electrons. The molecule has 2 rings (SSSR count). The van der Waals surface area contributed by atoms with Crippen molar-refractivity contribution in [3.63, 3.8) is 0 Å². The van der Waals surface area contributed by atoms with Crippen LogP contribution in [-0.4, -0.2) is 26.2 Å². The van der Waals surface area contributed by atoms with Gasteiger partial charge in [-0.25, -0.2) is 9.82 Å². The van der Waals surface area contributed by atoms with E-state index >= 15 is 0 Å². The van der Waals surface area contributed by atoms with E-state index in [1.54, 1.807) is 6.21 Å². The SMILES string of the molecule is CN(C)c1ccc(/C=C/C/C=N/NC(=O)c2ccc(F)cc2)cc1. The molecule has 0 heterocycles. The Hall–Kier alpha value is -2.95. The summed E-state index contributed by atoms with van der Waals surface area (Å²) >= 11 is 0. The molecule has 0 aliphatic heterocycles. The first-order chi connectivity index (χ1) is 11.6. The van der Waals surface area contributed by atoms with E-state index in [9.17, 15) is 9.18 Å². The van der Waals surface area contributed by atoms with Gasteiger partial charge < -0.3 is 4.90 Å². The molecule has 2 aromatic rings. The molecule has 0 atom stereocenters. The molecule has 24 heavy (non-hydrogen) atoms. The molecule has 0 unspecified atom stereocenters. The predicted octanol–water partition coefficient (Wildman–Crippen LogP) is 3.71. The van der Waals surface area contributed by atoms with Gasteiger partial charge in [0.1, 0.15) is 5.82 Å². The molecule has 4 nitrogen and oxygen atoms in total. The maximum atomic E-state index is 12.8. The molecule has 2 aromatic carbocycles. The van der Waals surface area contributed by atoms with E-state index in [-0.39, 0.29) is 11.7 Å². The van der Waals surface area contributed by atoms with Gasteiger partial charge in [-0.1, -0.05) is 24.3 Å². The Kier molecular flexibility index (Phi) is 6.25. The third-order valence-corrected chi connectivity index (χ3v) is 3.33. The highest BCUT2D eigenvalue weighted by Gasteiger charge is 2.02. The van der Waals surface area contributed by atoms with Crippen LogP contribution in [0.4, 0.5) is 10.1 Å². The minimum absolute atomic E-state index is 0.366. The third kappa shape index (κ3) is 5.35. The first-order valence-electron chi connectivity index (χ1n) is 7.57. The predicted molar refractivity (Wildman–Crippen MR) is 96.8 cm³/mol. The summed E-state index contributed by atoms with van der Waals surface area (Å²) in [5.41, 5.74) is 5.02. The Morgan fingerprint density at radius 1 is 1.12 bits per heavy atom. The molecule has 0 saturated carbocycles. The van der Waals surface area contributed by atoms with Gasteiger partial charge in [-0.15, -0.1) is 0 Å². The normalized spacial score (nSPS) is 11.1. The largest absolute Gasteiger partial charge is 0.378 e. The Labute approximate surface area is 141 Å². The van der Waals surface area contributed by atoms with Gasteiger partial charge in [-0.3, -0.25) is 4.79 Å². The standard InChI is InChI=1S/C19H20FN3O/c1-23(2)18-12-6-15(7-13-18)5-3-4-14-21-22-19(24)16-8-10-17(20)11-9-16/h3,5-14H,4H2,1-2H3,(H,22,24)/b5-3+,21-14+. The topological polar surface area (TPSA) is 44.7 Å². The van der Waals surface area contributed by atoms with Crippen LogP contribution in [0, 0.1) is 5.82 Å². The van der Waals surface area contributed by atoms with Gasteiger partial charge in [-0.2, -0.15) is 5.10 Å². The lowest BCUT2D eigenvalue weighted by Crippen LogP contribution is -2.17. The summed E-state index contributed by atoms with van der Waals surface area (Å²) in [7, 11) is 4.00. The number of allylic oxidation sites excluding steroid dienone is 1. The zero-order valence-corrected chi connectivity index (χ0v) is 13.7. The smallest absolute Gasteiger partial charge is 0.271 e. The van der Waals surface area contributed by atoms with E-state index < -0.39 is 0 Å². The number of anilines is 1. The van der Waals surface area contributed by atoms with Crippen molar-refractivity contribution in [3.05, 3.63) is 71.6 Å². The summed E-state index contributed by atoms with van der Waals surface area (Å²) in [6, 6.07) is 13.5. The van der Waals surface area contributed by atoms with Crippen molar-refractivity contribution in [2.24, 2.45) is 5.10 Å². The van der Waals surface area contributed by atoms with Crippen LogP contribution in [0.25, 0.3) is 6.08 Å². The molecule has 0 radical (unpaired) electrons.